The normalized spacial score (nSPS) is 51.8. The number of allylic oxidation sites excluding steroid dienone is 3. The molecular formula is C19H24O4. The van der Waals surface area contributed by atoms with Crippen LogP contribution in [0.2, 0.25) is 0 Å². The van der Waals surface area contributed by atoms with Crippen molar-refractivity contribution in [3.8, 4) is 0 Å². The summed E-state index contributed by atoms with van der Waals surface area (Å²) in [7, 11) is 0. The summed E-state index contributed by atoms with van der Waals surface area (Å²) in [6, 6.07) is 0. The van der Waals surface area contributed by atoms with Crippen molar-refractivity contribution in [2.75, 3.05) is 0 Å². The van der Waals surface area contributed by atoms with Crippen molar-refractivity contribution >= 4 is 11.6 Å². The first kappa shape index (κ1) is 15.3. The molecule has 0 bridgehead atoms. The van der Waals surface area contributed by atoms with Crippen LogP contribution in [0.1, 0.15) is 46.0 Å². The number of rotatable bonds is 0. The second kappa shape index (κ2) is 4.42. The highest BCUT2D eigenvalue weighted by atomic mass is 16.3. The highest BCUT2D eigenvalue weighted by Gasteiger charge is 2.68. The molecule has 23 heavy (non-hydrogen) atoms. The molecule has 0 amide bonds. The third-order valence-electron chi connectivity index (χ3n) is 7.46. The van der Waals surface area contributed by atoms with Gasteiger partial charge < -0.3 is 10.2 Å². The van der Waals surface area contributed by atoms with Crippen LogP contribution in [-0.2, 0) is 9.59 Å². The zero-order chi connectivity index (χ0) is 16.6. The van der Waals surface area contributed by atoms with Crippen LogP contribution in [0.15, 0.2) is 23.8 Å². The van der Waals surface area contributed by atoms with Gasteiger partial charge in [0.2, 0.25) is 0 Å². The lowest BCUT2D eigenvalue weighted by Crippen LogP contribution is -2.64. The Kier molecular flexibility index (Phi) is 2.94. The molecule has 6 atom stereocenters. The van der Waals surface area contributed by atoms with E-state index in [1.807, 2.05) is 13.0 Å². The zero-order valence-electron chi connectivity index (χ0n) is 13.7. The van der Waals surface area contributed by atoms with Crippen LogP contribution in [0.3, 0.4) is 0 Å². The zero-order valence-corrected chi connectivity index (χ0v) is 13.7. The largest absolute Gasteiger partial charge is 0.392 e. The Morgan fingerprint density at radius 1 is 1.22 bits per heavy atom. The minimum Gasteiger partial charge on any atom is -0.392 e. The first-order valence-corrected chi connectivity index (χ1v) is 8.60. The van der Waals surface area contributed by atoms with Gasteiger partial charge in [0.05, 0.1) is 17.1 Å². The molecule has 0 aromatic heterocycles. The molecule has 4 heteroatoms. The Morgan fingerprint density at radius 2 is 1.96 bits per heavy atom. The monoisotopic (exact) mass is 316 g/mol. The van der Waals surface area contributed by atoms with Crippen LogP contribution in [0.5, 0.6) is 0 Å². The van der Waals surface area contributed by atoms with Gasteiger partial charge in [0.1, 0.15) is 5.78 Å². The summed E-state index contributed by atoms with van der Waals surface area (Å²) in [5, 5.41) is 22.3. The molecular weight excluding hydrogens is 292 g/mol. The fourth-order valence-electron chi connectivity index (χ4n) is 5.93. The maximum atomic E-state index is 12.4. The fraction of sp³-hybridized carbons (Fsp3) is 0.684. The second-order valence-electron chi connectivity index (χ2n) is 8.31. The number of carbonyl (C=O) groups is 2. The topological polar surface area (TPSA) is 74.6 Å². The molecule has 124 valence electrons. The van der Waals surface area contributed by atoms with Crippen molar-refractivity contribution in [2.45, 2.75) is 57.7 Å². The van der Waals surface area contributed by atoms with Crippen molar-refractivity contribution in [1.82, 2.24) is 0 Å². The fourth-order valence-corrected chi connectivity index (χ4v) is 5.93. The van der Waals surface area contributed by atoms with Crippen molar-refractivity contribution in [3.63, 3.8) is 0 Å². The van der Waals surface area contributed by atoms with Gasteiger partial charge in [-0.1, -0.05) is 18.6 Å². The van der Waals surface area contributed by atoms with E-state index in [1.54, 1.807) is 12.2 Å². The Bertz CT molecular complexity index is 662. The maximum absolute atomic E-state index is 12.4. The quantitative estimate of drug-likeness (QED) is 0.716. The molecule has 2 N–H and O–H groups in total. The molecule has 0 aromatic carbocycles. The average molecular weight is 316 g/mol. The molecule has 0 heterocycles. The van der Waals surface area contributed by atoms with Gasteiger partial charge >= 0.3 is 0 Å². The number of aliphatic hydroxyl groups is 2. The van der Waals surface area contributed by atoms with Crippen molar-refractivity contribution in [3.05, 3.63) is 23.8 Å². The minimum absolute atomic E-state index is 0.0291. The number of Topliss-reactive ketones (excluding diaryl/α,β-unsaturated/α-hetero) is 1. The lowest BCUT2D eigenvalue weighted by molar-refractivity contribution is -0.198. The number of aliphatic hydroxyl groups excluding tert-OH is 1. The average Bonchev–Trinajstić information content (AvgIpc) is 2.73. The van der Waals surface area contributed by atoms with Gasteiger partial charge in [0.15, 0.2) is 5.78 Å². The Balaban J connectivity index is 1.82. The van der Waals surface area contributed by atoms with Gasteiger partial charge in [-0.25, -0.2) is 0 Å². The highest BCUT2D eigenvalue weighted by Crippen LogP contribution is 2.65. The SMILES string of the molecule is C[C@]12C=CC(=O)C=C1C[C@@H](O)[C@@H]1[C@@H]2CC[C@]2(C)C(=O)CC[C@@]12O. The predicted octanol–water partition coefficient (Wildman–Crippen LogP) is 1.95. The molecule has 3 fully saturated rings. The third kappa shape index (κ3) is 1.69. The van der Waals surface area contributed by atoms with Gasteiger partial charge in [-0.05, 0) is 50.7 Å². The van der Waals surface area contributed by atoms with Gasteiger partial charge in [0, 0.05) is 17.8 Å². The van der Waals surface area contributed by atoms with E-state index in [9.17, 15) is 19.8 Å². The van der Waals surface area contributed by atoms with Crippen LogP contribution in [0.4, 0.5) is 0 Å². The second-order valence-corrected chi connectivity index (χ2v) is 8.31. The van der Waals surface area contributed by atoms with E-state index in [-0.39, 0.29) is 28.8 Å². The van der Waals surface area contributed by atoms with Crippen molar-refractivity contribution in [1.29, 1.82) is 0 Å². The summed E-state index contributed by atoms with van der Waals surface area (Å²) < 4.78 is 0. The first-order valence-electron chi connectivity index (χ1n) is 8.60. The lowest BCUT2D eigenvalue weighted by Gasteiger charge is -2.60. The van der Waals surface area contributed by atoms with Crippen molar-refractivity contribution in [2.24, 2.45) is 22.7 Å². The molecule has 4 nitrogen and oxygen atoms in total. The number of ketones is 2. The molecule has 0 unspecified atom stereocenters. The number of carbonyl (C=O) groups excluding carboxylic acids is 2. The van der Waals surface area contributed by atoms with Gasteiger partial charge in [-0.2, -0.15) is 0 Å². The Morgan fingerprint density at radius 3 is 2.70 bits per heavy atom. The standard InChI is InChI=1S/C19H24O4/c1-17-6-3-12(20)9-11(17)10-14(21)16-13(17)4-7-18(2)15(22)5-8-19(16,18)23/h3,6,9,13-14,16,21,23H,4-5,7-8,10H2,1-2H3/t13-,14+,16-,17-,18+,19+/m0/s1. The number of hydrogen-bond donors (Lipinski definition) is 2. The van der Waals surface area contributed by atoms with E-state index in [0.717, 1.165) is 12.0 Å². The van der Waals surface area contributed by atoms with Gasteiger partial charge in [-0.15, -0.1) is 0 Å². The number of hydrogen-bond acceptors (Lipinski definition) is 4. The van der Waals surface area contributed by atoms with E-state index < -0.39 is 17.1 Å². The summed E-state index contributed by atoms with van der Waals surface area (Å²) in [5.41, 5.74) is -1.20. The van der Waals surface area contributed by atoms with Crippen LogP contribution in [0, 0.1) is 22.7 Å². The van der Waals surface area contributed by atoms with Crippen LogP contribution < -0.4 is 0 Å². The van der Waals surface area contributed by atoms with Gasteiger partial charge in [0.25, 0.3) is 0 Å². The van der Waals surface area contributed by atoms with E-state index >= 15 is 0 Å². The molecule has 4 aliphatic rings. The van der Waals surface area contributed by atoms with Gasteiger partial charge in [-0.3, -0.25) is 9.59 Å². The van der Waals surface area contributed by atoms with Crippen molar-refractivity contribution < 1.29 is 19.8 Å². The highest BCUT2D eigenvalue weighted by molar-refractivity contribution is 6.01. The molecule has 0 spiro atoms. The van der Waals surface area contributed by atoms with E-state index in [0.29, 0.717) is 25.7 Å². The lowest BCUT2D eigenvalue weighted by atomic mass is 9.46. The summed E-state index contributed by atoms with van der Waals surface area (Å²) in [4.78, 5) is 24.1. The first-order chi connectivity index (χ1) is 10.7. The third-order valence-corrected chi connectivity index (χ3v) is 7.46. The maximum Gasteiger partial charge on any atom is 0.178 e. The van der Waals surface area contributed by atoms with Crippen LogP contribution in [-0.4, -0.2) is 33.5 Å². The van der Waals surface area contributed by atoms with E-state index in [2.05, 4.69) is 6.92 Å². The van der Waals surface area contributed by atoms with E-state index in [4.69, 9.17) is 0 Å². The summed E-state index contributed by atoms with van der Waals surface area (Å²) in [5.74, 6) is -0.149. The molecule has 0 aromatic rings. The predicted molar refractivity (Wildman–Crippen MR) is 84.5 cm³/mol. The molecule has 0 aliphatic heterocycles. The summed E-state index contributed by atoms with van der Waals surface area (Å²) in [6.45, 7) is 3.98. The smallest absolute Gasteiger partial charge is 0.178 e. The molecule has 4 aliphatic carbocycles. The molecule has 0 radical (unpaired) electrons. The number of fused-ring (bicyclic) bond motifs is 5. The van der Waals surface area contributed by atoms with E-state index in [1.165, 1.54) is 0 Å². The molecule has 4 rings (SSSR count). The molecule has 3 saturated carbocycles. The summed E-state index contributed by atoms with van der Waals surface area (Å²) >= 11 is 0. The van der Waals surface area contributed by atoms with Crippen LogP contribution in [0.25, 0.3) is 0 Å². The minimum atomic E-state index is -1.13. The van der Waals surface area contributed by atoms with Crippen LogP contribution >= 0.6 is 0 Å². The Hall–Kier alpha value is -1.26. The Labute approximate surface area is 136 Å². The molecule has 0 saturated heterocycles. The summed E-state index contributed by atoms with van der Waals surface area (Å²) in [6.07, 6.45) is 7.20.